The molecule has 2 aliphatic rings. The molecule has 1 heterocycles. The molecule has 0 bridgehead atoms. The molecule has 1 saturated heterocycles. The zero-order valence-corrected chi connectivity index (χ0v) is 9.80. The minimum atomic E-state index is -0.699. The Hall–Kier alpha value is -1.57. The van der Waals surface area contributed by atoms with E-state index in [2.05, 4.69) is 5.92 Å². The smallest absolute Gasteiger partial charge is 0.337 e. The molecule has 1 aliphatic carbocycles. The van der Waals surface area contributed by atoms with Crippen LogP contribution in [0.3, 0.4) is 0 Å². The highest BCUT2D eigenvalue weighted by Crippen LogP contribution is 2.34. The number of carbonyl (C=O) groups excluding carboxylic acids is 1. The number of hydrogen-bond donors (Lipinski definition) is 0. The largest absolute Gasteiger partial charge is 0.449 e. The molecular weight excluding hydrogens is 220 g/mol. The molecule has 2 atom stereocenters. The molecule has 0 N–H and O–H groups in total. The van der Waals surface area contributed by atoms with Gasteiger partial charge in [-0.25, -0.2) is 4.79 Å². The van der Waals surface area contributed by atoms with Gasteiger partial charge in [-0.05, 0) is 19.9 Å². The molecule has 2 rings (SSSR count). The van der Waals surface area contributed by atoms with Crippen molar-refractivity contribution in [2.75, 3.05) is 6.61 Å². The standard InChI is InChI=1S/C13H14O4/c1-4-8-15-12(14)9-6-5-7-10-11(9)17-13(2,3)16-10/h1,5-7,10-11H,8H2,2-3H3/t10-,11+/m0/s1. The lowest BCUT2D eigenvalue weighted by Gasteiger charge is -2.19. The fourth-order valence-electron chi connectivity index (χ4n) is 1.91. The molecule has 0 aromatic heterocycles. The zero-order chi connectivity index (χ0) is 12.5. The molecule has 0 spiro atoms. The second-order valence-electron chi connectivity index (χ2n) is 4.31. The fraction of sp³-hybridized carbons (Fsp3) is 0.462. The summed E-state index contributed by atoms with van der Waals surface area (Å²) in [6, 6.07) is 0. The monoisotopic (exact) mass is 234 g/mol. The Labute approximate surface area is 100 Å². The number of hydrogen-bond acceptors (Lipinski definition) is 4. The van der Waals surface area contributed by atoms with Crippen LogP contribution in [-0.2, 0) is 19.0 Å². The Morgan fingerprint density at radius 2 is 2.35 bits per heavy atom. The maximum Gasteiger partial charge on any atom is 0.337 e. The molecule has 4 nitrogen and oxygen atoms in total. The van der Waals surface area contributed by atoms with Crippen LogP contribution in [0, 0.1) is 12.3 Å². The van der Waals surface area contributed by atoms with E-state index >= 15 is 0 Å². The van der Waals surface area contributed by atoms with Crippen LogP contribution < -0.4 is 0 Å². The lowest BCUT2D eigenvalue weighted by atomic mass is 9.99. The molecule has 17 heavy (non-hydrogen) atoms. The summed E-state index contributed by atoms with van der Waals surface area (Å²) in [5.41, 5.74) is 0.443. The van der Waals surface area contributed by atoms with Crippen molar-refractivity contribution in [3.05, 3.63) is 23.8 Å². The van der Waals surface area contributed by atoms with Crippen molar-refractivity contribution in [1.82, 2.24) is 0 Å². The Morgan fingerprint density at radius 3 is 3.06 bits per heavy atom. The number of esters is 1. The van der Waals surface area contributed by atoms with Crippen molar-refractivity contribution in [3.8, 4) is 12.3 Å². The molecule has 90 valence electrons. The molecule has 0 amide bonds. The first-order valence-electron chi connectivity index (χ1n) is 5.38. The van der Waals surface area contributed by atoms with E-state index in [1.54, 1.807) is 12.2 Å². The Balaban J connectivity index is 2.13. The van der Waals surface area contributed by atoms with E-state index in [4.69, 9.17) is 20.6 Å². The van der Waals surface area contributed by atoms with Gasteiger partial charge >= 0.3 is 5.97 Å². The van der Waals surface area contributed by atoms with Gasteiger partial charge < -0.3 is 14.2 Å². The second-order valence-corrected chi connectivity index (χ2v) is 4.31. The number of allylic oxidation sites excluding steroid dienone is 2. The number of rotatable bonds is 2. The summed E-state index contributed by atoms with van der Waals surface area (Å²) in [6.45, 7) is 3.58. The molecular formula is C13H14O4. The second kappa shape index (κ2) is 4.36. The van der Waals surface area contributed by atoms with Crippen LogP contribution in [0.2, 0.25) is 0 Å². The van der Waals surface area contributed by atoms with E-state index in [0.29, 0.717) is 5.57 Å². The van der Waals surface area contributed by atoms with Gasteiger partial charge in [0, 0.05) is 0 Å². The van der Waals surface area contributed by atoms with Crippen molar-refractivity contribution in [3.63, 3.8) is 0 Å². The Bertz CT molecular complexity index is 425. The fourth-order valence-corrected chi connectivity index (χ4v) is 1.91. The van der Waals surface area contributed by atoms with Crippen LogP contribution in [0.25, 0.3) is 0 Å². The van der Waals surface area contributed by atoms with Crippen molar-refractivity contribution >= 4 is 5.97 Å². The van der Waals surface area contributed by atoms with Crippen molar-refractivity contribution in [2.24, 2.45) is 0 Å². The van der Waals surface area contributed by atoms with Crippen LogP contribution >= 0.6 is 0 Å². The summed E-state index contributed by atoms with van der Waals surface area (Å²) in [6.07, 6.45) is 9.67. The topological polar surface area (TPSA) is 44.8 Å². The number of fused-ring (bicyclic) bond motifs is 1. The highest BCUT2D eigenvalue weighted by molar-refractivity contribution is 5.90. The third-order valence-corrected chi connectivity index (χ3v) is 2.53. The predicted octanol–water partition coefficient (Wildman–Crippen LogP) is 1.18. The summed E-state index contributed by atoms with van der Waals surface area (Å²) < 4.78 is 16.2. The van der Waals surface area contributed by atoms with Crippen LogP contribution in [0.4, 0.5) is 0 Å². The van der Waals surface area contributed by atoms with Gasteiger partial charge in [0.2, 0.25) is 0 Å². The maximum absolute atomic E-state index is 11.8. The molecule has 0 aromatic carbocycles. The quantitative estimate of drug-likeness (QED) is 0.531. The first-order chi connectivity index (χ1) is 8.03. The van der Waals surface area contributed by atoms with E-state index in [0.717, 1.165) is 0 Å². The van der Waals surface area contributed by atoms with Crippen LogP contribution in [0.15, 0.2) is 23.8 Å². The lowest BCUT2D eigenvalue weighted by Crippen LogP contribution is -2.30. The third-order valence-electron chi connectivity index (χ3n) is 2.53. The van der Waals surface area contributed by atoms with E-state index in [9.17, 15) is 4.79 Å². The average molecular weight is 234 g/mol. The predicted molar refractivity (Wildman–Crippen MR) is 60.8 cm³/mol. The molecule has 1 aliphatic heterocycles. The minimum Gasteiger partial charge on any atom is -0.449 e. The highest BCUT2D eigenvalue weighted by Gasteiger charge is 2.44. The first-order valence-corrected chi connectivity index (χ1v) is 5.38. The maximum atomic E-state index is 11.8. The Morgan fingerprint density at radius 1 is 1.59 bits per heavy atom. The summed E-state index contributed by atoms with van der Waals surface area (Å²) in [5, 5.41) is 0. The number of ether oxygens (including phenoxy) is 3. The zero-order valence-electron chi connectivity index (χ0n) is 9.80. The van der Waals surface area contributed by atoms with Crippen LogP contribution in [-0.4, -0.2) is 30.6 Å². The average Bonchev–Trinajstić information content (AvgIpc) is 2.59. The van der Waals surface area contributed by atoms with Gasteiger partial charge in [-0.2, -0.15) is 0 Å². The molecule has 4 heteroatoms. The molecule has 0 unspecified atom stereocenters. The molecule has 1 fully saturated rings. The van der Waals surface area contributed by atoms with Gasteiger partial charge in [0.1, 0.15) is 12.2 Å². The highest BCUT2D eigenvalue weighted by atomic mass is 16.8. The molecule has 0 saturated carbocycles. The van der Waals surface area contributed by atoms with Crippen LogP contribution in [0.5, 0.6) is 0 Å². The van der Waals surface area contributed by atoms with Gasteiger partial charge in [0.25, 0.3) is 0 Å². The van der Waals surface area contributed by atoms with Gasteiger partial charge in [0.15, 0.2) is 12.4 Å². The SMILES string of the molecule is C#CCOC(=O)C1=CC=C[C@@H]2OC(C)(C)O[C@H]12. The van der Waals surface area contributed by atoms with E-state index < -0.39 is 17.9 Å². The normalized spacial score (nSPS) is 29.1. The number of terminal acetylenes is 1. The summed E-state index contributed by atoms with van der Waals surface area (Å²) in [5.74, 6) is 1.10. The third kappa shape index (κ3) is 2.41. The Kier molecular flexibility index (Phi) is 3.05. The summed E-state index contributed by atoms with van der Waals surface area (Å²) in [4.78, 5) is 11.8. The van der Waals surface area contributed by atoms with E-state index in [1.165, 1.54) is 0 Å². The minimum absolute atomic E-state index is 0.0402. The van der Waals surface area contributed by atoms with Gasteiger partial charge in [-0.15, -0.1) is 6.42 Å². The van der Waals surface area contributed by atoms with Gasteiger partial charge in [-0.1, -0.05) is 18.1 Å². The molecule has 0 radical (unpaired) electrons. The first kappa shape index (κ1) is 11.9. The molecule has 0 aromatic rings. The van der Waals surface area contributed by atoms with Crippen molar-refractivity contribution in [1.29, 1.82) is 0 Å². The van der Waals surface area contributed by atoms with Gasteiger partial charge in [-0.3, -0.25) is 0 Å². The van der Waals surface area contributed by atoms with E-state index in [1.807, 2.05) is 19.9 Å². The number of carbonyl (C=O) groups is 1. The van der Waals surface area contributed by atoms with Crippen molar-refractivity contribution < 1.29 is 19.0 Å². The summed E-state index contributed by atoms with van der Waals surface area (Å²) in [7, 11) is 0. The van der Waals surface area contributed by atoms with Crippen LogP contribution in [0.1, 0.15) is 13.8 Å². The lowest BCUT2D eigenvalue weighted by molar-refractivity contribution is -0.146. The van der Waals surface area contributed by atoms with E-state index in [-0.39, 0.29) is 12.7 Å². The van der Waals surface area contributed by atoms with Gasteiger partial charge in [0.05, 0.1) is 5.57 Å². The summed E-state index contributed by atoms with van der Waals surface area (Å²) >= 11 is 0. The van der Waals surface area contributed by atoms with Crippen molar-refractivity contribution in [2.45, 2.75) is 31.8 Å².